The van der Waals surface area contributed by atoms with E-state index in [1.54, 1.807) is 13.3 Å². The van der Waals surface area contributed by atoms with Crippen LogP contribution in [0, 0.1) is 0 Å². The van der Waals surface area contributed by atoms with Gasteiger partial charge in [-0.3, -0.25) is 9.67 Å². The van der Waals surface area contributed by atoms with Gasteiger partial charge in [-0.15, -0.1) is 0 Å². The van der Waals surface area contributed by atoms with Gasteiger partial charge >= 0.3 is 0 Å². The summed E-state index contributed by atoms with van der Waals surface area (Å²) in [5.74, 6) is 1.45. The molecule has 0 aliphatic carbocycles. The molecule has 0 unspecified atom stereocenters. The molecule has 0 aliphatic heterocycles. The van der Waals surface area contributed by atoms with E-state index < -0.39 is 0 Å². The minimum Gasteiger partial charge on any atom is -0.496 e. The minimum absolute atomic E-state index is 0.396. The van der Waals surface area contributed by atoms with Crippen molar-refractivity contribution in [3.63, 3.8) is 0 Å². The first kappa shape index (κ1) is 25.9. The second kappa shape index (κ2) is 12.2. The Bertz CT molecular complexity index is 1800. The van der Waals surface area contributed by atoms with E-state index in [0.717, 1.165) is 45.2 Å². The van der Waals surface area contributed by atoms with Crippen LogP contribution in [-0.2, 0) is 13.2 Å². The van der Waals surface area contributed by atoms with Crippen LogP contribution in [0.4, 0.5) is 0 Å². The van der Waals surface area contributed by atoms with Gasteiger partial charge in [0, 0.05) is 29.5 Å². The van der Waals surface area contributed by atoms with Crippen molar-refractivity contribution in [3.05, 3.63) is 143 Å². The van der Waals surface area contributed by atoms with Gasteiger partial charge in [0.1, 0.15) is 18.1 Å². The van der Waals surface area contributed by atoms with Crippen molar-refractivity contribution in [1.29, 1.82) is 0 Å². The van der Waals surface area contributed by atoms with E-state index >= 15 is 0 Å². The van der Waals surface area contributed by atoms with E-state index in [-0.39, 0.29) is 0 Å². The molecule has 6 heteroatoms. The van der Waals surface area contributed by atoms with E-state index in [9.17, 15) is 0 Å². The molecule has 0 bridgehead atoms. The number of aromatic amines is 1. The number of hydrogen-bond acceptors (Lipinski definition) is 4. The standard InChI is InChI=1S/C35H30N4O2/c1-40-35-23-33(41-25-31-9-5-6-19-36-31)17-14-29(35)13-15-30-22-32(39(38-30)24-27-7-3-2-4-8-27)16-11-26-10-12-28-18-20-37-34(28)21-26/h2-23,37H,24-25H2,1H3. The quantitative estimate of drug-likeness (QED) is 0.194. The average Bonchev–Trinajstić information content (AvgIpc) is 3.65. The van der Waals surface area contributed by atoms with Gasteiger partial charge in [-0.05, 0) is 77.2 Å². The number of nitrogens with one attached hydrogen (secondary N) is 1. The number of fused-ring (bicyclic) bond motifs is 1. The molecule has 1 N–H and O–H groups in total. The van der Waals surface area contributed by atoms with Crippen LogP contribution in [0.25, 0.3) is 35.2 Å². The van der Waals surface area contributed by atoms with Crippen molar-refractivity contribution >= 4 is 35.2 Å². The zero-order valence-corrected chi connectivity index (χ0v) is 22.8. The largest absolute Gasteiger partial charge is 0.496 e. The molecule has 0 saturated heterocycles. The molecule has 0 amide bonds. The Kier molecular flexibility index (Phi) is 7.72. The predicted molar refractivity (Wildman–Crippen MR) is 165 cm³/mol. The van der Waals surface area contributed by atoms with E-state index in [0.29, 0.717) is 13.2 Å². The van der Waals surface area contributed by atoms with Gasteiger partial charge in [-0.25, -0.2) is 0 Å². The molecule has 6 aromatic rings. The number of rotatable bonds is 10. The number of ether oxygens (including phenoxy) is 2. The first-order valence-corrected chi connectivity index (χ1v) is 13.5. The maximum atomic E-state index is 5.92. The molecular formula is C35H30N4O2. The Balaban J connectivity index is 1.23. The highest BCUT2D eigenvalue weighted by molar-refractivity contribution is 5.83. The fraction of sp³-hybridized carbons (Fsp3) is 0.0857. The first-order chi connectivity index (χ1) is 20.2. The van der Waals surface area contributed by atoms with Crippen LogP contribution in [0.5, 0.6) is 11.5 Å². The lowest BCUT2D eigenvalue weighted by Crippen LogP contribution is -2.03. The molecule has 41 heavy (non-hydrogen) atoms. The van der Waals surface area contributed by atoms with Gasteiger partial charge in [0.2, 0.25) is 0 Å². The van der Waals surface area contributed by atoms with Gasteiger partial charge < -0.3 is 14.5 Å². The lowest BCUT2D eigenvalue weighted by Gasteiger charge is -2.09. The van der Waals surface area contributed by atoms with Crippen molar-refractivity contribution in [2.24, 2.45) is 0 Å². The molecule has 0 aliphatic rings. The number of benzene rings is 3. The number of pyridine rings is 1. The third-order valence-electron chi connectivity index (χ3n) is 6.78. The fourth-order valence-corrected chi connectivity index (χ4v) is 4.64. The highest BCUT2D eigenvalue weighted by Gasteiger charge is 2.08. The molecule has 3 heterocycles. The normalized spacial score (nSPS) is 11.5. The maximum absolute atomic E-state index is 5.92. The van der Waals surface area contributed by atoms with E-state index in [4.69, 9.17) is 14.6 Å². The van der Waals surface area contributed by atoms with Crippen molar-refractivity contribution in [2.45, 2.75) is 13.2 Å². The molecule has 0 atom stereocenters. The predicted octanol–water partition coefficient (Wildman–Crippen LogP) is 7.74. The van der Waals surface area contributed by atoms with Crippen LogP contribution >= 0.6 is 0 Å². The summed E-state index contributed by atoms with van der Waals surface area (Å²) in [6, 6.07) is 32.6. The molecule has 0 saturated carbocycles. The molecule has 0 radical (unpaired) electrons. The van der Waals surface area contributed by atoms with Gasteiger partial charge in [-0.2, -0.15) is 5.10 Å². The Morgan fingerprint density at radius 1 is 0.829 bits per heavy atom. The summed E-state index contributed by atoms with van der Waals surface area (Å²) >= 11 is 0. The Morgan fingerprint density at radius 2 is 1.73 bits per heavy atom. The molecule has 3 aromatic heterocycles. The molecule has 3 aromatic carbocycles. The highest BCUT2D eigenvalue weighted by atomic mass is 16.5. The monoisotopic (exact) mass is 538 g/mol. The number of methoxy groups -OCH3 is 1. The summed E-state index contributed by atoms with van der Waals surface area (Å²) < 4.78 is 13.6. The highest BCUT2D eigenvalue weighted by Crippen LogP contribution is 2.27. The summed E-state index contributed by atoms with van der Waals surface area (Å²) in [6.07, 6.45) is 12.0. The summed E-state index contributed by atoms with van der Waals surface area (Å²) in [6.45, 7) is 1.07. The van der Waals surface area contributed by atoms with Gasteiger partial charge in [0.25, 0.3) is 0 Å². The van der Waals surface area contributed by atoms with Crippen LogP contribution in [0.15, 0.2) is 109 Å². The van der Waals surface area contributed by atoms with E-state index in [2.05, 4.69) is 76.7 Å². The first-order valence-electron chi connectivity index (χ1n) is 13.5. The van der Waals surface area contributed by atoms with Crippen LogP contribution < -0.4 is 9.47 Å². The zero-order chi connectivity index (χ0) is 27.9. The zero-order valence-electron chi connectivity index (χ0n) is 22.8. The minimum atomic E-state index is 0.396. The van der Waals surface area contributed by atoms with Gasteiger partial charge in [-0.1, -0.05) is 54.6 Å². The second-order valence-corrected chi connectivity index (χ2v) is 9.64. The summed E-state index contributed by atoms with van der Waals surface area (Å²) in [4.78, 5) is 7.59. The number of aromatic nitrogens is 4. The van der Waals surface area contributed by atoms with Gasteiger partial charge in [0.05, 0.1) is 30.7 Å². The van der Waals surface area contributed by atoms with E-state index in [1.165, 1.54) is 10.9 Å². The third-order valence-corrected chi connectivity index (χ3v) is 6.78. The van der Waals surface area contributed by atoms with Crippen molar-refractivity contribution in [2.75, 3.05) is 7.11 Å². The molecule has 6 nitrogen and oxygen atoms in total. The van der Waals surface area contributed by atoms with Crippen LogP contribution in [0.2, 0.25) is 0 Å². The molecule has 202 valence electrons. The van der Waals surface area contributed by atoms with Crippen molar-refractivity contribution in [3.8, 4) is 11.5 Å². The molecule has 0 spiro atoms. The van der Waals surface area contributed by atoms with E-state index in [1.807, 2.05) is 65.5 Å². The van der Waals surface area contributed by atoms with Crippen LogP contribution in [0.1, 0.15) is 33.8 Å². The fourth-order valence-electron chi connectivity index (χ4n) is 4.64. The molecular weight excluding hydrogens is 508 g/mol. The van der Waals surface area contributed by atoms with Crippen LogP contribution in [0.3, 0.4) is 0 Å². The Hall–Kier alpha value is -5.36. The smallest absolute Gasteiger partial charge is 0.130 e. The number of nitrogens with zero attached hydrogens (tertiary/aromatic N) is 3. The van der Waals surface area contributed by atoms with Crippen molar-refractivity contribution in [1.82, 2.24) is 19.7 Å². The number of H-pyrrole nitrogens is 1. The Labute approximate surface area is 239 Å². The topological polar surface area (TPSA) is 65.0 Å². The van der Waals surface area contributed by atoms with Crippen molar-refractivity contribution < 1.29 is 9.47 Å². The maximum Gasteiger partial charge on any atom is 0.130 e. The van der Waals surface area contributed by atoms with Crippen LogP contribution in [-0.4, -0.2) is 26.9 Å². The summed E-state index contributed by atoms with van der Waals surface area (Å²) in [5, 5.41) is 6.11. The molecule has 6 rings (SSSR count). The summed E-state index contributed by atoms with van der Waals surface area (Å²) in [7, 11) is 1.66. The second-order valence-electron chi connectivity index (χ2n) is 9.64. The molecule has 0 fully saturated rings. The average molecular weight is 539 g/mol. The van der Waals surface area contributed by atoms with Gasteiger partial charge in [0.15, 0.2) is 0 Å². The third kappa shape index (κ3) is 6.45. The lowest BCUT2D eigenvalue weighted by atomic mass is 10.1. The summed E-state index contributed by atoms with van der Waals surface area (Å²) in [5.41, 5.74) is 7.12. The lowest BCUT2D eigenvalue weighted by molar-refractivity contribution is 0.299. The number of hydrogen-bond donors (Lipinski definition) is 1. The Morgan fingerprint density at radius 3 is 2.59 bits per heavy atom. The SMILES string of the molecule is COc1cc(OCc2ccccn2)ccc1C=Cc1cc(C=Cc2ccc3cc[nH]c3c2)n(Cc2ccccc2)n1.